The van der Waals surface area contributed by atoms with Crippen molar-refractivity contribution in [3.05, 3.63) is 60.8 Å². The molecule has 1 unspecified atom stereocenters. The number of unbranched alkanes of at least 4 members (excludes halogenated alkanes) is 35. The predicted molar refractivity (Wildman–Crippen MR) is 307 cm³/mol. The van der Waals surface area contributed by atoms with E-state index < -0.39 is 6.10 Å². The zero-order valence-electron chi connectivity index (χ0n) is 47.2. The van der Waals surface area contributed by atoms with Crippen LogP contribution in [0.3, 0.4) is 0 Å². The van der Waals surface area contributed by atoms with Crippen LogP contribution >= 0.6 is 0 Å². The maximum Gasteiger partial charge on any atom is 0.306 e. The van der Waals surface area contributed by atoms with E-state index in [-0.39, 0.29) is 31.1 Å². The van der Waals surface area contributed by atoms with E-state index in [1.165, 1.54) is 193 Å². The number of hydrogen-bond acceptors (Lipinski definition) is 6. The van der Waals surface area contributed by atoms with E-state index in [4.69, 9.17) is 14.2 Å². The molecule has 0 heterocycles. The lowest BCUT2D eigenvalue weighted by Gasteiger charge is -2.18. The van der Waals surface area contributed by atoms with E-state index in [1.807, 2.05) is 0 Å². The highest BCUT2D eigenvalue weighted by atomic mass is 16.6. The van der Waals surface area contributed by atoms with Crippen LogP contribution in [0.25, 0.3) is 0 Å². The summed E-state index contributed by atoms with van der Waals surface area (Å²) in [6.07, 6.45) is 75.0. The summed E-state index contributed by atoms with van der Waals surface area (Å²) in [5.74, 6) is -0.890. The van der Waals surface area contributed by atoms with Crippen LogP contribution in [0, 0.1) is 0 Å². The first kappa shape index (κ1) is 68.1. The SMILES string of the molecule is CCCCC/C=C\C/C=C\CCCCCCCC(=O)OCC(COC(=O)CCCCCCCCCCC/C=C\C/C=C\CCCCCCC)OC(=O)CCCCCCCCC/C=C\CCCCCCCC. The van der Waals surface area contributed by atoms with E-state index in [2.05, 4.69) is 81.5 Å². The first-order valence-electron chi connectivity index (χ1n) is 30.8. The van der Waals surface area contributed by atoms with Crippen LogP contribution in [0.1, 0.15) is 316 Å². The minimum atomic E-state index is -0.785. The Labute approximate surface area is 440 Å². The summed E-state index contributed by atoms with van der Waals surface area (Å²) in [7, 11) is 0. The van der Waals surface area contributed by atoms with Crippen molar-refractivity contribution in [3.8, 4) is 0 Å². The average Bonchev–Trinajstić information content (AvgIpc) is 3.37. The van der Waals surface area contributed by atoms with Gasteiger partial charge in [0.25, 0.3) is 0 Å². The van der Waals surface area contributed by atoms with Gasteiger partial charge in [0, 0.05) is 19.3 Å². The van der Waals surface area contributed by atoms with E-state index in [0.717, 1.165) is 83.5 Å². The van der Waals surface area contributed by atoms with Crippen LogP contribution in [0.15, 0.2) is 60.8 Å². The minimum absolute atomic E-state index is 0.0815. The fraction of sp³-hybridized carbons (Fsp3) is 0.800. The smallest absolute Gasteiger partial charge is 0.306 e. The summed E-state index contributed by atoms with van der Waals surface area (Å²) < 4.78 is 16.9. The van der Waals surface area contributed by atoms with Crippen molar-refractivity contribution in [2.45, 2.75) is 322 Å². The lowest BCUT2D eigenvalue weighted by atomic mass is 10.1. The molecule has 0 fully saturated rings. The summed E-state index contributed by atoms with van der Waals surface area (Å²) >= 11 is 0. The minimum Gasteiger partial charge on any atom is -0.462 e. The molecular formula is C65H116O6. The van der Waals surface area contributed by atoms with E-state index >= 15 is 0 Å². The predicted octanol–water partition coefficient (Wildman–Crippen LogP) is 20.8. The second-order valence-corrected chi connectivity index (χ2v) is 20.6. The quantitative estimate of drug-likeness (QED) is 0.0261. The molecule has 0 aromatic carbocycles. The van der Waals surface area contributed by atoms with Gasteiger partial charge in [0.2, 0.25) is 0 Å². The molecule has 0 spiro atoms. The molecule has 6 nitrogen and oxygen atoms in total. The van der Waals surface area contributed by atoms with Crippen molar-refractivity contribution < 1.29 is 28.6 Å². The number of ether oxygens (including phenoxy) is 3. The van der Waals surface area contributed by atoms with Gasteiger partial charge in [0.1, 0.15) is 13.2 Å². The number of hydrogen-bond donors (Lipinski definition) is 0. The van der Waals surface area contributed by atoms with E-state index in [0.29, 0.717) is 19.3 Å². The van der Waals surface area contributed by atoms with Crippen LogP contribution < -0.4 is 0 Å². The molecule has 0 aliphatic rings. The second kappa shape index (κ2) is 59.7. The summed E-state index contributed by atoms with van der Waals surface area (Å²) in [4.78, 5) is 38.3. The Bertz CT molecular complexity index is 1280. The molecule has 0 aliphatic carbocycles. The van der Waals surface area contributed by atoms with Crippen LogP contribution in [0.2, 0.25) is 0 Å². The van der Waals surface area contributed by atoms with Gasteiger partial charge in [-0.1, -0.05) is 248 Å². The molecule has 0 amide bonds. The van der Waals surface area contributed by atoms with Gasteiger partial charge in [0.15, 0.2) is 6.10 Å². The molecule has 6 heteroatoms. The number of esters is 3. The van der Waals surface area contributed by atoms with Crippen LogP contribution in [-0.2, 0) is 28.6 Å². The molecule has 0 aromatic rings. The van der Waals surface area contributed by atoms with Crippen molar-refractivity contribution in [2.75, 3.05) is 13.2 Å². The Morgan fingerprint density at radius 1 is 0.282 bits per heavy atom. The lowest BCUT2D eigenvalue weighted by molar-refractivity contribution is -0.167. The Hall–Kier alpha value is -2.89. The van der Waals surface area contributed by atoms with Crippen molar-refractivity contribution in [2.24, 2.45) is 0 Å². The summed E-state index contributed by atoms with van der Waals surface area (Å²) in [5, 5.41) is 0. The molecule has 412 valence electrons. The van der Waals surface area contributed by atoms with Gasteiger partial charge < -0.3 is 14.2 Å². The van der Waals surface area contributed by atoms with Crippen molar-refractivity contribution >= 4 is 17.9 Å². The average molecular weight is 994 g/mol. The highest BCUT2D eigenvalue weighted by Gasteiger charge is 2.19. The third-order valence-corrected chi connectivity index (χ3v) is 13.5. The first-order chi connectivity index (χ1) is 35.0. The zero-order chi connectivity index (χ0) is 51.4. The number of carbonyl (C=O) groups is 3. The maximum atomic E-state index is 12.9. The molecular weight excluding hydrogens is 877 g/mol. The van der Waals surface area contributed by atoms with Crippen molar-refractivity contribution in [1.82, 2.24) is 0 Å². The molecule has 71 heavy (non-hydrogen) atoms. The normalized spacial score (nSPS) is 12.4. The van der Waals surface area contributed by atoms with Crippen LogP contribution in [0.5, 0.6) is 0 Å². The zero-order valence-corrected chi connectivity index (χ0v) is 47.2. The monoisotopic (exact) mass is 993 g/mol. The summed E-state index contributed by atoms with van der Waals surface area (Å²) in [6, 6.07) is 0. The van der Waals surface area contributed by atoms with Gasteiger partial charge in [-0.3, -0.25) is 14.4 Å². The largest absolute Gasteiger partial charge is 0.462 e. The molecule has 0 radical (unpaired) electrons. The number of carbonyl (C=O) groups excluding carboxylic acids is 3. The first-order valence-corrected chi connectivity index (χ1v) is 30.8. The van der Waals surface area contributed by atoms with Gasteiger partial charge in [-0.25, -0.2) is 0 Å². The lowest BCUT2D eigenvalue weighted by Crippen LogP contribution is -2.30. The number of allylic oxidation sites excluding steroid dienone is 10. The Kier molecular flexibility index (Phi) is 57.2. The molecule has 1 atom stereocenters. The molecule has 0 saturated carbocycles. The van der Waals surface area contributed by atoms with E-state index in [1.54, 1.807) is 0 Å². The molecule has 0 aromatic heterocycles. The third-order valence-electron chi connectivity index (χ3n) is 13.5. The highest BCUT2D eigenvalue weighted by molar-refractivity contribution is 5.71. The van der Waals surface area contributed by atoms with Crippen LogP contribution in [0.4, 0.5) is 0 Å². The van der Waals surface area contributed by atoms with Crippen LogP contribution in [-0.4, -0.2) is 37.2 Å². The van der Waals surface area contributed by atoms with Gasteiger partial charge in [0.05, 0.1) is 0 Å². The van der Waals surface area contributed by atoms with E-state index in [9.17, 15) is 14.4 Å². The van der Waals surface area contributed by atoms with Gasteiger partial charge in [-0.2, -0.15) is 0 Å². The molecule has 0 N–H and O–H groups in total. The maximum absolute atomic E-state index is 12.9. The molecule has 0 bridgehead atoms. The fourth-order valence-corrected chi connectivity index (χ4v) is 8.79. The Morgan fingerprint density at radius 3 is 0.817 bits per heavy atom. The Morgan fingerprint density at radius 2 is 0.507 bits per heavy atom. The van der Waals surface area contributed by atoms with Gasteiger partial charge in [-0.15, -0.1) is 0 Å². The van der Waals surface area contributed by atoms with Crippen molar-refractivity contribution in [1.29, 1.82) is 0 Å². The second-order valence-electron chi connectivity index (χ2n) is 20.6. The molecule has 0 aliphatic heterocycles. The van der Waals surface area contributed by atoms with Crippen molar-refractivity contribution in [3.63, 3.8) is 0 Å². The van der Waals surface area contributed by atoms with Gasteiger partial charge in [-0.05, 0) is 109 Å². The fourth-order valence-electron chi connectivity index (χ4n) is 8.79. The molecule has 0 rings (SSSR count). The molecule has 0 saturated heterocycles. The highest BCUT2D eigenvalue weighted by Crippen LogP contribution is 2.16. The number of rotatable bonds is 56. The Balaban J connectivity index is 4.37. The summed E-state index contributed by atoms with van der Waals surface area (Å²) in [6.45, 7) is 6.61. The third kappa shape index (κ3) is 57.9. The summed E-state index contributed by atoms with van der Waals surface area (Å²) in [5.41, 5.74) is 0. The van der Waals surface area contributed by atoms with Gasteiger partial charge >= 0.3 is 17.9 Å². The standard InChI is InChI=1S/C65H116O6/c1-4-7-10-13-16-19-22-25-28-30-31-32-33-35-37-40-43-46-49-52-55-58-64(67)70-61-62(60-69-63(66)57-54-51-48-45-42-39-36-27-24-21-18-15-12-9-6-3)71-65(68)59-56-53-50-47-44-41-38-34-29-26-23-20-17-14-11-8-5-2/h18,21-22,25-27,29-31,36,62H,4-17,19-20,23-24,28,32-35,37-61H2,1-3H3/b21-18-,25-22-,29-26-,31-30-,36-27-. The topological polar surface area (TPSA) is 78.9 Å².